The second kappa shape index (κ2) is 9.85. The van der Waals surface area contributed by atoms with Crippen molar-refractivity contribution in [2.45, 2.75) is 32.8 Å². The highest BCUT2D eigenvalue weighted by atomic mass is 19.1. The molecule has 0 saturated carbocycles. The lowest BCUT2D eigenvalue weighted by Gasteiger charge is -2.15. The van der Waals surface area contributed by atoms with E-state index in [4.69, 9.17) is 9.47 Å². The van der Waals surface area contributed by atoms with Crippen molar-refractivity contribution in [2.75, 3.05) is 6.61 Å². The van der Waals surface area contributed by atoms with Crippen LogP contribution in [-0.2, 0) is 11.3 Å². The number of ether oxygens (including phenoxy) is 2. The van der Waals surface area contributed by atoms with Gasteiger partial charge in [0.2, 0.25) is 0 Å². The summed E-state index contributed by atoms with van der Waals surface area (Å²) in [6.07, 6.45) is 5.29. The molecule has 8 heteroatoms. The van der Waals surface area contributed by atoms with Crippen LogP contribution < -0.4 is 4.74 Å². The molecule has 0 radical (unpaired) electrons. The summed E-state index contributed by atoms with van der Waals surface area (Å²) in [7, 11) is 0. The van der Waals surface area contributed by atoms with Crippen molar-refractivity contribution in [1.29, 1.82) is 0 Å². The van der Waals surface area contributed by atoms with Gasteiger partial charge in [0.05, 0.1) is 30.3 Å². The number of allylic oxidation sites excluding steroid dienone is 2. The number of carbonyl (C=O) groups is 1. The number of aromatic nitrogens is 2. The quantitative estimate of drug-likeness (QED) is 0.426. The zero-order valence-corrected chi connectivity index (χ0v) is 17.9. The fourth-order valence-corrected chi connectivity index (χ4v) is 3.84. The molecule has 1 heterocycles. The highest BCUT2D eigenvalue weighted by Gasteiger charge is 2.23. The summed E-state index contributed by atoms with van der Waals surface area (Å²) in [5.41, 5.74) is 2.99. The van der Waals surface area contributed by atoms with Crippen molar-refractivity contribution in [3.63, 3.8) is 0 Å². The van der Waals surface area contributed by atoms with Crippen molar-refractivity contribution in [3.05, 3.63) is 88.8 Å². The summed E-state index contributed by atoms with van der Waals surface area (Å²) in [5.74, 6) is -3.10. The summed E-state index contributed by atoms with van der Waals surface area (Å²) in [4.78, 5) is 20.6. The number of nitrogens with zero attached hydrogens (tertiary/aromatic N) is 2. The number of rotatable bonds is 7. The predicted octanol–water partition coefficient (Wildman–Crippen LogP) is 5.74. The number of para-hydroxylation sites is 1. The average molecular weight is 454 g/mol. The molecule has 0 unspecified atom stereocenters. The van der Waals surface area contributed by atoms with Crippen molar-refractivity contribution in [2.24, 2.45) is 0 Å². The van der Waals surface area contributed by atoms with E-state index in [2.05, 4.69) is 9.97 Å². The number of esters is 1. The fraction of sp³-hybridized carbons (Fsp3) is 0.240. The zero-order chi connectivity index (χ0) is 23.4. The molecule has 0 atom stereocenters. The molecule has 33 heavy (non-hydrogen) atoms. The summed E-state index contributed by atoms with van der Waals surface area (Å²) in [6, 6.07) is 8.41. The maximum atomic E-state index is 14.0. The maximum absolute atomic E-state index is 14.0. The molecule has 2 aromatic carbocycles. The summed E-state index contributed by atoms with van der Waals surface area (Å²) >= 11 is 0. The summed E-state index contributed by atoms with van der Waals surface area (Å²) < 4.78 is 52.1. The molecule has 0 amide bonds. The second-order valence-corrected chi connectivity index (χ2v) is 7.45. The molecule has 4 rings (SSSR count). The van der Waals surface area contributed by atoms with Gasteiger partial charge in [-0.05, 0) is 43.4 Å². The molecule has 0 bridgehead atoms. The molecule has 0 N–H and O–H groups in total. The summed E-state index contributed by atoms with van der Waals surface area (Å²) in [5, 5.41) is 0. The van der Waals surface area contributed by atoms with Gasteiger partial charge in [0.1, 0.15) is 29.8 Å². The minimum absolute atomic E-state index is 0.125. The molecular formula is C25H21F3N2O3. The fourth-order valence-electron chi connectivity index (χ4n) is 3.84. The van der Waals surface area contributed by atoms with Crippen LogP contribution >= 0.6 is 0 Å². The van der Waals surface area contributed by atoms with E-state index in [1.54, 1.807) is 25.3 Å². The lowest BCUT2D eigenvalue weighted by atomic mass is 9.99. The third kappa shape index (κ3) is 4.89. The Morgan fingerprint density at radius 2 is 1.76 bits per heavy atom. The third-order valence-electron chi connectivity index (χ3n) is 5.34. The van der Waals surface area contributed by atoms with Crippen molar-refractivity contribution in [3.8, 4) is 5.75 Å². The molecule has 0 aliphatic heterocycles. The van der Waals surface area contributed by atoms with Gasteiger partial charge < -0.3 is 9.47 Å². The van der Waals surface area contributed by atoms with Crippen molar-refractivity contribution < 1.29 is 27.4 Å². The van der Waals surface area contributed by atoms with E-state index in [0.717, 1.165) is 36.0 Å². The molecule has 0 saturated heterocycles. The van der Waals surface area contributed by atoms with E-state index >= 15 is 0 Å². The molecule has 0 fully saturated rings. The number of hydrogen-bond acceptors (Lipinski definition) is 5. The first-order valence-electron chi connectivity index (χ1n) is 10.5. The van der Waals surface area contributed by atoms with Crippen molar-refractivity contribution in [1.82, 2.24) is 9.97 Å². The summed E-state index contributed by atoms with van der Waals surface area (Å²) in [6.45, 7) is 1.56. The van der Waals surface area contributed by atoms with Gasteiger partial charge in [-0.1, -0.05) is 18.2 Å². The van der Waals surface area contributed by atoms with E-state index in [1.165, 1.54) is 6.20 Å². The van der Waals surface area contributed by atoms with Crippen molar-refractivity contribution >= 4 is 17.1 Å². The number of carbonyl (C=O) groups excluding carboxylic acids is 1. The van der Waals surface area contributed by atoms with Gasteiger partial charge in [-0.2, -0.15) is 0 Å². The molecule has 5 nitrogen and oxygen atoms in total. The average Bonchev–Trinajstić information content (AvgIpc) is 3.29. The highest BCUT2D eigenvalue weighted by molar-refractivity contribution is 5.94. The smallest absolute Gasteiger partial charge is 0.358 e. The van der Waals surface area contributed by atoms with E-state index < -0.39 is 30.0 Å². The number of halogens is 3. The Kier molecular flexibility index (Phi) is 6.72. The van der Waals surface area contributed by atoms with Gasteiger partial charge in [0.25, 0.3) is 0 Å². The van der Waals surface area contributed by atoms with Crippen LogP contribution in [0.3, 0.4) is 0 Å². The van der Waals surface area contributed by atoms with Crippen LogP contribution in [0.2, 0.25) is 0 Å². The second-order valence-electron chi connectivity index (χ2n) is 7.45. The van der Waals surface area contributed by atoms with Gasteiger partial charge >= 0.3 is 5.97 Å². The first kappa shape index (κ1) is 22.5. The minimum Gasteiger partial charge on any atom is -0.488 e. The molecular weight excluding hydrogens is 433 g/mol. The van der Waals surface area contributed by atoms with E-state index in [-0.39, 0.29) is 17.9 Å². The molecule has 1 aliphatic rings. The Hall–Kier alpha value is -3.68. The molecule has 0 spiro atoms. The van der Waals surface area contributed by atoms with Crippen LogP contribution in [0.15, 0.2) is 48.8 Å². The first-order chi connectivity index (χ1) is 16.0. The monoisotopic (exact) mass is 454 g/mol. The zero-order valence-electron chi connectivity index (χ0n) is 17.9. The Morgan fingerprint density at radius 1 is 1.03 bits per heavy atom. The van der Waals surface area contributed by atoms with Crippen LogP contribution in [0.4, 0.5) is 13.2 Å². The van der Waals surface area contributed by atoms with Gasteiger partial charge in [0.15, 0.2) is 5.69 Å². The number of benzene rings is 2. The van der Waals surface area contributed by atoms with Crippen LogP contribution in [0, 0.1) is 17.5 Å². The van der Waals surface area contributed by atoms with Crippen LogP contribution in [0.25, 0.3) is 11.1 Å². The van der Waals surface area contributed by atoms with Gasteiger partial charge in [-0.3, -0.25) is 4.98 Å². The third-order valence-corrected chi connectivity index (χ3v) is 5.34. The lowest BCUT2D eigenvalue weighted by Crippen LogP contribution is -2.09. The van der Waals surface area contributed by atoms with Gasteiger partial charge in [-0.15, -0.1) is 0 Å². The largest absolute Gasteiger partial charge is 0.488 e. The molecule has 170 valence electrons. The normalized spacial score (nSPS) is 13.3. The molecule has 1 aromatic heterocycles. The number of hydrogen-bond donors (Lipinski definition) is 0. The standard InChI is InChI=1S/C25H21F3N2O3/c1-2-32-25(31)23-13-29-12-22(30-23)17-8-5-7-16(17)18-6-3-4-9-24(18)33-14-19-20(27)10-15(26)11-21(19)28/h3-4,6,9-13H,2,5,7-8,14H2,1H3. The Morgan fingerprint density at radius 3 is 2.52 bits per heavy atom. The SMILES string of the molecule is CCOC(=O)c1cncc(C2=C(c3ccccc3OCc3c(F)cc(F)cc3F)CCC2)n1. The van der Waals surface area contributed by atoms with Gasteiger partial charge in [0, 0.05) is 17.7 Å². The Labute approximate surface area is 188 Å². The Balaban J connectivity index is 1.66. The topological polar surface area (TPSA) is 61.3 Å². The van der Waals surface area contributed by atoms with E-state index in [1.807, 2.05) is 12.1 Å². The molecule has 1 aliphatic carbocycles. The molecule has 3 aromatic rings. The first-order valence-corrected chi connectivity index (χ1v) is 10.5. The van der Waals surface area contributed by atoms with E-state index in [0.29, 0.717) is 23.6 Å². The van der Waals surface area contributed by atoms with Crippen LogP contribution in [0.1, 0.15) is 53.5 Å². The van der Waals surface area contributed by atoms with E-state index in [9.17, 15) is 18.0 Å². The van der Waals surface area contributed by atoms with Crippen LogP contribution in [-0.4, -0.2) is 22.5 Å². The maximum Gasteiger partial charge on any atom is 0.358 e. The lowest BCUT2D eigenvalue weighted by molar-refractivity contribution is 0.0518. The highest BCUT2D eigenvalue weighted by Crippen LogP contribution is 2.42. The Bertz CT molecular complexity index is 1200. The van der Waals surface area contributed by atoms with Gasteiger partial charge in [-0.25, -0.2) is 22.9 Å². The minimum atomic E-state index is -1.00. The predicted molar refractivity (Wildman–Crippen MR) is 116 cm³/mol. The van der Waals surface area contributed by atoms with Crippen LogP contribution in [0.5, 0.6) is 5.75 Å².